The zero-order valence-corrected chi connectivity index (χ0v) is 22.0. The summed E-state index contributed by atoms with van der Waals surface area (Å²) in [4.78, 5) is 20.4. The van der Waals surface area contributed by atoms with E-state index in [9.17, 15) is 26.4 Å². The molecule has 1 fully saturated rings. The van der Waals surface area contributed by atoms with Crippen LogP contribution in [0.3, 0.4) is 0 Å². The summed E-state index contributed by atoms with van der Waals surface area (Å²) in [6, 6.07) is 17.0. The van der Waals surface area contributed by atoms with Crippen LogP contribution in [0.5, 0.6) is 5.75 Å². The Morgan fingerprint density at radius 2 is 1.54 bits per heavy atom. The van der Waals surface area contributed by atoms with E-state index in [0.717, 1.165) is 50.3 Å². The fourth-order valence-electron chi connectivity index (χ4n) is 4.25. The van der Waals surface area contributed by atoms with E-state index < -0.39 is 21.8 Å². The highest BCUT2D eigenvalue weighted by atomic mass is 32.2. The maximum atomic E-state index is 13.5. The quantitative estimate of drug-likeness (QED) is 0.261. The summed E-state index contributed by atoms with van der Waals surface area (Å²) in [6.07, 6.45) is -0.0305. The summed E-state index contributed by atoms with van der Waals surface area (Å²) in [5.41, 5.74) is -0.431. The predicted octanol–water partition coefficient (Wildman–Crippen LogP) is 5.50. The molecule has 1 amide bonds. The van der Waals surface area contributed by atoms with Gasteiger partial charge in [-0.2, -0.15) is 21.6 Å². The Bertz CT molecular complexity index is 1330. The molecule has 1 saturated heterocycles. The van der Waals surface area contributed by atoms with E-state index in [1.54, 1.807) is 18.2 Å². The number of alkyl halides is 3. The van der Waals surface area contributed by atoms with Crippen molar-refractivity contribution in [3.8, 4) is 5.75 Å². The Morgan fingerprint density at radius 3 is 2.15 bits per heavy atom. The molecule has 0 saturated carbocycles. The third-order valence-electron chi connectivity index (χ3n) is 6.36. The number of nitrogens with zero attached hydrogens (tertiary/aromatic N) is 2. The fourth-order valence-corrected chi connectivity index (χ4v) is 5.51. The van der Waals surface area contributed by atoms with E-state index in [-0.39, 0.29) is 22.2 Å². The van der Waals surface area contributed by atoms with Crippen molar-refractivity contribution in [1.82, 2.24) is 10.2 Å². The smallest absolute Gasteiger partial charge is 0.364 e. The highest BCUT2D eigenvalue weighted by Gasteiger charge is 2.31. The first-order valence-electron chi connectivity index (χ1n) is 12.7. The van der Waals surface area contributed by atoms with Crippen molar-refractivity contribution in [2.24, 2.45) is 0 Å². The lowest BCUT2D eigenvalue weighted by molar-refractivity contribution is -0.137. The van der Waals surface area contributed by atoms with E-state index in [0.29, 0.717) is 16.6 Å². The lowest BCUT2D eigenvalue weighted by Crippen LogP contribution is -2.34. The number of anilines is 1. The summed E-state index contributed by atoms with van der Waals surface area (Å²) < 4.78 is 66.5. The van der Waals surface area contributed by atoms with Gasteiger partial charge in [0.05, 0.1) is 16.1 Å². The lowest BCUT2D eigenvalue weighted by atomic mass is 10.1. The molecule has 11 heteroatoms. The van der Waals surface area contributed by atoms with Crippen molar-refractivity contribution in [2.45, 2.75) is 36.8 Å². The summed E-state index contributed by atoms with van der Waals surface area (Å²) in [7, 11) is -4.32. The molecule has 1 aliphatic rings. The SMILES string of the molecule is O=C(NCCCN1CCCCC1)c1ccc(S(=O)(=O)N(Oc2ccc(C(F)(F)F)cc2)c2ccccc2)cc1. The number of rotatable bonds is 10. The zero-order valence-electron chi connectivity index (χ0n) is 21.2. The second-order valence-electron chi connectivity index (χ2n) is 9.22. The van der Waals surface area contributed by atoms with Gasteiger partial charge in [-0.1, -0.05) is 29.1 Å². The van der Waals surface area contributed by atoms with Crippen LogP contribution >= 0.6 is 0 Å². The number of benzene rings is 3. The Hall–Kier alpha value is -3.57. The van der Waals surface area contributed by atoms with E-state index in [1.165, 1.54) is 55.7 Å². The first-order valence-corrected chi connectivity index (χ1v) is 14.1. The number of sulfonamides is 1. The molecule has 0 aliphatic carbocycles. The summed E-state index contributed by atoms with van der Waals surface area (Å²) >= 11 is 0. The van der Waals surface area contributed by atoms with Crippen LogP contribution in [0, 0.1) is 0 Å². The van der Waals surface area contributed by atoms with Crippen molar-refractivity contribution in [3.63, 3.8) is 0 Å². The fraction of sp³-hybridized carbons (Fsp3) is 0.321. The molecule has 0 unspecified atom stereocenters. The van der Waals surface area contributed by atoms with Crippen molar-refractivity contribution in [2.75, 3.05) is 30.6 Å². The summed E-state index contributed by atoms with van der Waals surface area (Å²) in [5, 5.41) is 2.86. The highest BCUT2D eigenvalue weighted by molar-refractivity contribution is 7.92. The number of likely N-dealkylation sites (tertiary alicyclic amines) is 1. The zero-order chi connectivity index (χ0) is 27.9. The monoisotopic (exact) mass is 561 g/mol. The van der Waals surface area contributed by atoms with Gasteiger partial charge in [0.15, 0.2) is 5.75 Å². The first kappa shape index (κ1) is 28.4. The normalized spacial score (nSPS) is 14.5. The van der Waals surface area contributed by atoms with E-state index in [4.69, 9.17) is 4.84 Å². The van der Waals surface area contributed by atoms with Crippen LogP contribution < -0.4 is 14.6 Å². The standard InChI is InChI=1S/C28H30F3N3O4S/c29-28(30,31)23-12-14-25(15-13-23)38-34(24-8-3-1-4-9-24)39(36,37)26-16-10-22(11-17-26)27(35)32-18-7-21-33-19-5-2-6-20-33/h1,3-4,8-17H,2,5-7,18-21H2,(H,32,35). The molecule has 1 aliphatic heterocycles. The van der Waals surface area contributed by atoms with Gasteiger partial charge in [-0.3, -0.25) is 4.79 Å². The van der Waals surface area contributed by atoms with Crippen LogP contribution in [0.1, 0.15) is 41.6 Å². The molecule has 3 aromatic carbocycles. The van der Waals surface area contributed by atoms with E-state index in [1.807, 2.05) is 0 Å². The molecule has 39 heavy (non-hydrogen) atoms. The van der Waals surface area contributed by atoms with Crippen LogP contribution in [0.25, 0.3) is 0 Å². The lowest BCUT2D eigenvalue weighted by Gasteiger charge is -2.26. The highest BCUT2D eigenvalue weighted by Crippen LogP contribution is 2.32. The first-order chi connectivity index (χ1) is 18.6. The van der Waals surface area contributed by atoms with Crippen LogP contribution in [-0.2, 0) is 16.2 Å². The topological polar surface area (TPSA) is 79.0 Å². The number of carbonyl (C=O) groups excluding carboxylic acids is 1. The van der Waals surface area contributed by atoms with Gasteiger partial charge >= 0.3 is 6.18 Å². The number of hydrogen-bond acceptors (Lipinski definition) is 5. The van der Waals surface area contributed by atoms with Crippen LogP contribution in [0.4, 0.5) is 18.9 Å². The number of carbonyl (C=O) groups is 1. The van der Waals surface area contributed by atoms with Gasteiger partial charge in [0.2, 0.25) is 0 Å². The van der Waals surface area contributed by atoms with E-state index in [2.05, 4.69) is 10.2 Å². The number of halogens is 3. The second kappa shape index (κ2) is 12.5. The Labute approximate surface area is 226 Å². The van der Waals surface area contributed by atoms with E-state index >= 15 is 0 Å². The van der Waals surface area contributed by atoms with Gasteiger partial charge in [0.1, 0.15) is 0 Å². The summed E-state index contributed by atoms with van der Waals surface area (Å²) in [6.45, 7) is 3.61. The third-order valence-corrected chi connectivity index (χ3v) is 7.94. The molecule has 3 aromatic rings. The Kier molecular flexibility index (Phi) is 9.13. The number of nitrogens with one attached hydrogen (secondary N) is 1. The molecule has 208 valence electrons. The molecule has 1 heterocycles. The maximum absolute atomic E-state index is 13.5. The molecule has 0 atom stereocenters. The van der Waals surface area contributed by atoms with Gasteiger partial charge in [-0.05, 0) is 99.6 Å². The van der Waals surface area contributed by atoms with Crippen molar-refractivity contribution >= 4 is 21.6 Å². The molecule has 1 N–H and O–H groups in total. The second-order valence-corrected chi connectivity index (χ2v) is 11.0. The van der Waals surface area contributed by atoms with Crippen LogP contribution in [-0.4, -0.2) is 45.4 Å². The minimum absolute atomic E-state index is 0.101. The molecule has 7 nitrogen and oxygen atoms in total. The van der Waals surface area contributed by atoms with Gasteiger partial charge < -0.3 is 15.1 Å². The average Bonchev–Trinajstić information content (AvgIpc) is 2.94. The largest absolute Gasteiger partial charge is 0.416 e. The Morgan fingerprint density at radius 1 is 0.897 bits per heavy atom. The number of para-hydroxylation sites is 1. The Balaban J connectivity index is 1.45. The van der Waals surface area contributed by atoms with Gasteiger partial charge in [-0.15, -0.1) is 0 Å². The van der Waals surface area contributed by atoms with Crippen molar-refractivity contribution in [1.29, 1.82) is 0 Å². The molecular weight excluding hydrogens is 531 g/mol. The molecule has 4 rings (SSSR count). The minimum atomic E-state index is -4.54. The van der Waals surface area contributed by atoms with Crippen molar-refractivity contribution in [3.05, 3.63) is 90.0 Å². The molecular formula is C28H30F3N3O4S. The van der Waals surface area contributed by atoms with Crippen LogP contribution in [0.15, 0.2) is 83.8 Å². The third kappa shape index (κ3) is 7.51. The summed E-state index contributed by atoms with van der Waals surface area (Å²) in [5.74, 6) is -0.408. The minimum Gasteiger partial charge on any atom is -0.364 e. The average molecular weight is 562 g/mol. The van der Waals surface area contributed by atoms with Crippen molar-refractivity contribution < 1.29 is 31.2 Å². The predicted molar refractivity (Wildman–Crippen MR) is 142 cm³/mol. The maximum Gasteiger partial charge on any atom is 0.416 e. The van der Waals surface area contributed by atoms with Crippen LogP contribution in [0.2, 0.25) is 0 Å². The molecule has 0 bridgehead atoms. The van der Waals surface area contributed by atoms with Gasteiger partial charge in [0.25, 0.3) is 15.9 Å². The van der Waals surface area contributed by atoms with Gasteiger partial charge in [0, 0.05) is 12.1 Å². The number of hydrogen-bond donors (Lipinski definition) is 1. The molecule has 0 radical (unpaired) electrons. The van der Waals surface area contributed by atoms with Gasteiger partial charge in [-0.25, -0.2) is 0 Å². The molecule has 0 spiro atoms. The number of amides is 1. The molecule has 0 aromatic heterocycles. The number of piperidine rings is 1.